The lowest BCUT2D eigenvalue weighted by molar-refractivity contribution is 1.29. The minimum Gasteiger partial charge on any atom is -0.310 e. The number of aromatic nitrogens is 1. The fourth-order valence-electron chi connectivity index (χ4n) is 6.72. The Kier molecular flexibility index (Phi) is 6.36. The molecule has 2 heterocycles. The summed E-state index contributed by atoms with van der Waals surface area (Å²) in [5.74, 6) is 0. The van der Waals surface area contributed by atoms with E-state index in [0.717, 1.165) is 17.1 Å². The summed E-state index contributed by atoms with van der Waals surface area (Å²) in [6.07, 6.45) is 3.85. The predicted octanol–water partition coefficient (Wildman–Crippen LogP) is 12.6. The zero-order valence-corrected chi connectivity index (χ0v) is 25.8. The van der Waals surface area contributed by atoms with Crippen LogP contribution >= 0.6 is 11.3 Å². The van der Waals surface area contributed by atoms with E-state index >= 15 is 0 Å². The molecule has 0 fully saturated rings. The van der Waals surface area contributed by atoms with Gasteiger partial charge in [0.15, 0.2) is 0 Å². The second-order valence-electron chi connectivity index (χ2n) is 11.6. The van der Waals surface area contributed by atoms with Crippen molar-refractivity contribution in [2.75, 3.05) is 4.90 Å². The number of hydrogen-bond donors (Lipinski definition) is 0. The average molecular weight is 605 g/mol. The average Bonchev–Trinajstić information content (AvgIpc) is 3.50. The second kappa shape index (κ2) is 11.0. The van der Waals surface area contributed by atoms with Crippen molar-refractivity contribution in [3.05, 3.63) is 170 Å². The first-order valence-electron chi connectivity index (χ1n) is 15.5. The Morgan fingerprint density at radius 3 is 1.80 bits per heavy atom. The number of anilines is 3. The van der Waals surface area contributed by atoms with E-state index in [0.29, 0.717) is 0 Å². The fraction of sp³-hybridized carbons (Fsp3) is 0. The van der Waals surface area contributed by atoms with Crippen molar-refractivity contribution in [1.82, 2.24) is 4.98 Å². The van der Waals surface area contributed by atoms with E-state index in [2.05, 4.69) is 168 Å². The summed E-state index contributed by atoms with van der Waals surface area (Å²) in [5, 5.41) is 7.62. The Balaban J connectivity index is 1.18. The lowest BCUT2D eigenvalue weighted by atomic mass is 9.93. The molecule has 9 aromatic rings. The Hall–Kier alpha value is -5.77. The molecule has 216 valence electrons. The summed E-state index contributed by atoms with van der Waals surface area (Å²) in [5.41, 5.74) is 8.23. The third-order valence-electron chi connectivity index (χ3n) is 8.96. The third-order valence-corrected chi connectivity index (χ3v) is 10.1. The van der Waals surface area contributed by atoms with Gasteiger partial charge in [0, 0.05) is 44.9 Å². The minimum atomic E-state index is 1.11. The molecule has 3 heteroatoms. The number of benzene rings is 7. The summed E-state index contributed by atoms with van der Waals surface area (Å²) in [4.78, 5) is 6.72. The van der Waals surface area contributed by atoms with Crippen LogP contribution in [0.4, 0.5) is 17.1 Å². The fourth-order valence-corrected chi connectivity index (χ4v) is 7.83. The van der Waals surface area contributed by atoms with E-state index in [4.69, 9.17) is 0 Å². The van der Waals surface area contributed by atoms with Crippen LogP contribution in [-0.4, -0.2) is 4.98 Å². The Labute approximate surface area is 271 Å². The Bertz CT molecular complexity index is 2510. The summed E-state index contributed by atoms with van der Waals surface area (Å²) >= 11 is 1.80. The molecule has 0 spiro atoms. The maximum absolute atomic E-state index is 4.36. The maximum atomic E-state index is 4.36. The van der Waals surface area contributed by atoms with Crippen molar-refractivity contribution in [1.29, 1.82) is 0 Å². The SMILES string of the molecule is c1ccc(-c2ccc(N(c3ccc(-c4cc5ccccc5c5ccccc45)cc3)c3ccc4c(c3)sc3cnccc34)cc2)cc1. The molecular formula is C43H28N2S. The molecule has 0 saturated carbocycles. The third kappa shape index (κ3) is 4.52. The van der Waals surface area contributed by atoms with Gasteiger partial charge in [-0.25, -0.2) is 0 Å². The molecule has 0 N–H and O–H groups in total. The highest BCUT2D eigenvalue weighted by atomic mass is 32.1. The molecule has 46 heavy (non-hydrogen) atoms. The van der Waals surface area contributed by atoms with E-state index in [1.807, 2.05) is 12.4 Å². The van der Waals surface area contributed by atoms with Crippen LogP contribution in [-0.2, 0) is 0 Å². The van der Waals surface area contributed by atoms with Gasteiger partial charge in [-0.2, -0.15) is 0 Å². The van der Waals surface area contributed by atoms with Crippen LogP contribution in [0.15, 0.2) is 170 Å². The number of fused-ring (bicyclic) bond motifs is 6. The molecule has 7 aromatic carbocycles. The molecule has 2 aromatic heterocycles. The van der Waals surface area contributed by atoms with Crippen LogP contribution in [0.2, 0.25) is 0 Å². The zero-order chi connectivity index (χ0) is 30.5. The Morgan fingerprint density at radius 1 is 0.413 bits per heavy atom. The summed E-state index contributed by atoms with van der Waals surface area (Å²) in [6.45, 7) is 0. The van der Waals surface area contributed by atoms with Crippen LogP contribution in [0, 0.1) is 0 Å². The van der Waals surface area contributed by atoms with Crippen LogP contribution < -0.4 is 4.90 Å². The number of nitrogens with zero attached hydrogens (tertiary/aromatic N) is 2. The number of thiophene rings is 1. The lowest BCUT2D eigenvalue weighted by Gasteiger charge is -2.26. The molecule has 0 bridgehead atoms. The second-order valence-corrected chi connectivity index (χ2v) is 12.7. The van der Waals surface area contributed by atoms with Crippen LogP contribution in [0.5, 0.6) is 0 Å². The normalized spacial score (nSPS) is 11.5. The Morgan fingerprint density at radius 2 is 1.02 bits per heavy atom. The van der Waals surface area contributed by atoms with Gasteiger partial charge in [0.25, 0.3) is 0 Å². The monoisotopic (exact) mass is 604 g/mol. The van der Waals surface area contributed by atoms with Gasteiger partial charge < -0.3 is 4.90 Å². The molecule has 0 saturated heterocycles. The van der Waals surface area contributed by atoms with E-state index in [9.17, 15) is 0 Å². The first-order chi connectivity index (χ1) is 22.8. The minimum absolute atomic E-state index is 1.11. The highest BCUT2D eigenvalue weighted by Gasteiger charge is 2.16. The van der Waals surface area contributed by atoms with Crippen LogP contribution in [0.25, 0.3) is 64.0 Å². The zero-order valence-electron chi connectivity index (χ0n) is 25.0. The highest BCUT2D eigenvalue weighted by Crippen LogP contribution is 2.42. The predicted molar refractivity (Wildman–Crippen MR) is 198 cm³/mol. The van der Waals surface area contributed by atoms with Crippen LogP contribution in [0.3, 0.4) is 0 Å². The summed E-state index contributed by atoms with van der Waals surface area (Å²) in [6, 6.07) is 57.1. The molecule has 9 rings (SSSR count). The molecule has 0 aliphatic carbocycles. The van der Waals surface area contributed by atoms with Crippen molar-refractivity contribution in [2.45, 2.75) is 0 Å². The van der Waals surface area contributed by atoms with E-state index in [1.54, 1.807) is 11.3 Å². The smallest absolute Gasteiger partial charge is 0.0538 e. The molecule has 0 aliphatic rings. The number of pyridine rings is 1. The summed E-state index contributed by atoms with van der Waals surface area (Å²) < 4.78 is 2.46. The van der Waals surface area contributed by atoms with E-state index in [-0.39, 0.29) is 0 Å². The molecule has 0 atom stereocenters. The first kappa shape index (κ1) is 26.6. The highest BCUT2D eigenvalue weighted by molar-refractivity contribution is 7.25. The lowest BCUT2D eigenvalue weighted by Crippen LogP contribution is -2.09. The van der Waals surface area contributed by atoms with Gasteiger partial charge in [-0.15, -0.1) is 11.3 Å². The first-order valence-corrected chi connectivity index (χ1v) is 16.3. The van der Waals surface area contributed by atoms with Crippen molar-refractivity contribution < 1.29 is 0 Å². The number of rotatable bonds is 5. The molecule has 0 aliphatic heterocycles. The maximum Gasteiger partial charge on any atom is 0.0538 e. The topological polar surface area (TPSA) is 16.1 Å². The van der Waals surface area contributed by atoms with Gasteiger partial charge in [0.1, 0.15) is 0 Å². The largest absolute Gasteiger partial charge is 0.310 e. The van der Waals surface area contributed by atoms with E-state index < -0.39 is 0 Å². The van der Waals surface area contributed by atoms with Gasteiger partial charge in [0.2, 0.25) is 0 Å². The summed E-state index contributed by atoms with van der Waals surface area (Å²) in [7, 11) is 0. The van der Waals surface area contributed by atoms with Gasteiger partial charge in [0.05, 0.1) is 4.70 Å². The van der Waals surface area contributed by atoms with Gasteiger partial charge in [-0.3, -0.25) is 4.98 Å². The van der Waals surface area contributed by atoms with Crippen molar-refractivity contribution in [2.24, 2.45) is 0 Å². The van der Waals surface area contributed by atoms with Crippen molar-refractivity contribution >= 4 is 70.1 Å². The molecule has 0 radical (unpaired) electrons. The molecule has 2 nitrogen and oxygen atoms in total. The molecule has 0 unspecified atom stereocenters. The standard InChI is InChI=1S/C43H28N2S/c1-2-8-29(9-3-1)30-14-18-33(19-15-30)45(35-22-23-39-40-24-25-44-28-43(40)46-42(39)27-35)34-20-16-31(17-21-34)41-26-32-10-4-5-11-36(32)37-12-6-7-13-38(37)41/h1-28H. The number of hydrogen-bond acceptors (Lipinski definition) is 3. The van der Waals surface area contributed by atoms with Crippen molar-refractivity contribution in [3.8, 4) is 22.3 Å². The molecular weight excluding hydrogens is 577 g/mol. The van der Waals surface area contributed by atoms with Crippen molar-refractivity contribution in [3.63, 3.8) is 0 Å². The molecule has 0 amide bonds. The van der Waals surface area contributed by atoms with Gasteiger partial charge >= 0.3 is 0 Å². The van der Waals surface area contributed by atoms with Gasteiger partial charge in [-0.05, 0) is 92.3 Å². The quantitative estimate of drug-likeness (QED) is 0.182. The van der Waals surface area contributed by atoms with Gasteiger partial charge in [-0.1, -0.05) is 109 Å². The van der Waals surface area contributed by atoms with Crippen LogP contribution in [0.1, 0.15) is 0 Å². The van der Waals surface area contributed by atoms with E-state index in [1.165, 1.54) is 64.0 Å².